The molecule has 0 saturated carbocycles. The molecule has 0 spiro atoms. The average Bonchev–Trinajstić information content (AvgIpc) is 2.13. The lowest BCUT2D eigenvalue weighted by Gasteiger charge is -2.05. The van der Waals surface area contributed by atoms with E-state index in [1.807, 2.05) is 6.92 Å². The standard InChI is InChI=1S/C6H11BrO2/c1-4-6(8)2-5(3-7)9-4/h4-6,8H,2-3H2,1H3/t4-,5+,6-/m0/s1. The first-order chi connectivity index (χ1) is 4.24. The molecule has 1 heterocycles. The molecule has 0 amide bonds. The Morgan fingerprint density at radius 1 is 1.78 bits per heavy atom. The molecule has 0 bridgehead atoms. The van der Waals surface area contributed by atoms with E-state index >= 15 is 0 Å². The lowest BCUT2D eigenvalue weighted by Crippen LogP contribution is -2.15. The number of hydrogen-bond acceptors (Lipinski definition) is 2. The normalized spacial score (nSPS) is 43.7. The second-order valence-corrected chi connectivity index (χ2v) is 3.07. The van der Waals surface area contributed by atoms with Crippen LogP contribution in [0, 0.1) is 0 Å². The molecule has 3 heteroatoms. The lowest BCUT2D eigenvalue weighted by molar-refractivity contribution is 0.0305. The highest BCUT2D eigenvalue weighted by Crippen LogP contribution is 2.20. The Morgan fingerprint density at radius 3 is 2.67 bits per heavy atom. The highest BCUT2D eigenvalue weighted by atomic mass is 79.9. The highest BCUT2D eigenvalue weighted by Gasteiger charge is 2.29. The van der Waals surface area contributed by atoms with E-state index in [0.29, 0.717) is 0 Å². The predicted octanol–water partition coefficient (Wildman–Crippen LogP) is 0.920. The zero-order chi connectivity index (χ0) is 6.85. The van der Waals surface area contributed by atoms with Gasteiger partial charge in [-0.05, 0) is 6.92 Å². The molecule has 2 nitrogen and oxygen atoms in total. The van der Waals surface area contributed by atoms with Crippen LogP contribution in [0.2, 0.25) is 0 Å². The first-order valence-corrected chi connectivity index (χ1v) is 4.25. The lowest BCUT2D eigenvalue weighted by atomic mass is 10.2. The predicted molar refractivity (Wildman–Crippen MR) is 38.8 cm³/mol. The molecule has 1 aliphatic heterocycles. The molecule has 0 radical (unpaired) electrons. The summed E-state index contributed by atoms with van der Waals surface area (Å²) in [6, 6.07) is 0. The Labute approximate surface area is 63.3 Å². The highest BCUT2D eigenvalue weighted by molar-refractivity contribution is 9.09. The molecule has 54 valence electrons. The Bertz CT molecular complexity index is 87.1. The first kappa shape index (κ1) is 7.51. The van der Waals surface area contributed by atoms with Gasteiger partial charge in [0, 0.05) is 11.8 Å². The SMILES string of the molecule is C[C@@H]1O[C@@H](CBr)C[C@@H]1O. The van der Waals surface area contributed by atoms with Crippen molar-refractivity contribution in [1.29, 1.82) is 0 Å². The smallest absolute Gasteiger partial charge is 0.0824 e. The summed E-state index contributed by atoms with van der Waals surface area (Å²) in [6.07, 6.45) is 0.752. The van der Waals surface area contributed by atoms with Crippen molar-refractivity contribution < 1.29 is 9.84 Å². The van der Waals surface area contributed by atoms with Gasteiger partial charge in [-0.1, -0.05) is 15.9 Å². The summed E-state index contributed by atoms with van der Waals surface area (Å²) < 4.78 is 5.33. The molecule has 1 N–H and O–H groups in total. The fourth-order valence-corrected chi connectivity index (χ4v) is 1.43. The van der Waals surface area contributed by atoms with Crippen molar-refractivity contribution >= 4 is 15.9 Å². The van der Waals surface area contributed by atoms with Crippen LogP contribution in [-0.2, 0) is 4.74 Å². The molecular formula is C6H11BrO2. The van der Waals surface area contributed by atoms with Gasteiger partial charge in [0.15, 0.2) is 0 Å². The maximum Gasteiger partial charge on any atom is 0.0824 e. The number of rotatable bonds is 1. The van der Waals surface area contributed by atoms with Gasteiger partial charge in [-0.25, -0.2) is 0 Å². The second-order valence-electron chi connectivity index (χ2n) is 2.42. The van der Waals surface area contributed by atoms with Crippen molar-refractivity contribution in [3.8, 4) is 0 Å². The van der Waals surface area contributed by atoms with Crippen LogP contribution in [0.15, 0.2) is 0 Å². The fraction of sp³-hybridized carbons (Fsp3) is 1.00. The zero-order valence-electron chi connectivity index (χ0n) is 5.38. The number of ether oxygens (including phenoxy) is 1. The monoisotopic (exact) mass is 194 g/mol. The fourth-order valence-electron chi connectivity index (χ4n) is 1.01. The van der Waals surface area contributed by atoms with Gasteiger partial charge in [0.25, 0.3) is 0 Å². The van der Waals surface area contributed by atoms with Gasteiger partial charge in [-0.3, -0.25) is 0 Å². The van der Waals surface area contributed by atoms with Crippen molar-refractivity contribution in [2.45, 2.75) is 31.7 Å². The molecule has 3 atom stereocenters. The molecule has 0 aromatic carbocycles. The van der Waals surface area contributed by atoms with Crippen LogP contribution >= 0.6 is 15.9 Å². The number of halogens is 1. The number of hydrogen-bond donors (Lipinski definition) is 1. The van der Waals surface area contributed by atoms with E-state index in [0.717, 1.165) is 11.8 Å². The van der Waals surface area contributed by atoms with Gasteiger partial charge < -0.3 is 9.84 Å². The van der Waals surface area contributed by atoms with Crippen LogP contribution in [0.25, 0.3) is 0 Å². The topological polar surface area (TPSA) is 29.5 Å². The summed E-state index contributed by atoms with van der Waals surface area (Å²) in [5.41, 5.74) is 0. The number of aliphatic hydroxyl groups is 1. The molecule has 0 aliphatic carbocycles. The van der Waals surface area contributed by atoms with Crippen LogP contribution in [0.4, 0.5) is 0 Å². The minimum Gasteiger partial charge on any atom is -0.390 e. The summed E-state index contributed by atoms with van der Waals surface area (Å²) in [5, 5.41) is 9.98. The van der Waals surface area contributed by atoms with Gasteiger partial charge in [-0.15, -0.1) is 0 Å². The van der Waals surface area contributed by atoms with Crippen molar-refractivity contribution in [2.24, 2.45) is 0 Å². The van der Waals surface area contributed by atoms with E-state index in [2.05, 4.69) is 15.9 Å². The minimum absolute atomic E-state index is 0.0209. The van der Waals surface area contributed by atoms with Crippen molar-refractivity contribution in [3.63, 3.8) is 0 Å². The Hall–Kier alpha value is 0.400. The number of alkyl halides is 1. The van der Waals surface area contributed by atoms with Crippen LogP contribution in [-0.4, -0.2) is 28.7 Å². The maximum absolute atomic E-state index is 9.15. The molecule has 9 heavy (non-hydrogen) atoms. The summed E-state index contributed by atoms with van der Waals surface area (Å²) in [6.45, 7) is 1.90. The van der Waals surface area contributed by atoms with Crippen LogP contribution < -0.4 is 0 Å². The van der Waals surface area contributed by atoms with E-state index in [4.69, 9.17) is 9.84 Å². The van der Waals surface area contributed by atoms with Crippen LogP contribution in [0.3, 0.4) is 0 Å². The Morgan fingerprint density at radius 2 is 2.44 bits per heavy atom. The van der Waals surface area contributed by atoms with Crippen LogP contribution in [0.1, 0.15) is 13.3 Å². The second kappa shape index (κ2) is 2.99. The summed E-state index contributed by atoms with van der Waals surface area (Å²) >= 11 is 3.30. The van der Waals surface area contributed by atoms with Crippen LogP contribution in [0.5, 0.6) is 0 Å². The van der Waals surface area contributed by atoms with E-state index in [9.17, 15) is 0 Å². The summed E-state index contributed by atoms with van der Waals surface area (Å²) in [5.74, 6) is 0. The molecule has 0 unspecified atom stereocenters. The van der Waals surface area contributed by atoms with Gasteiger partial charge in [0.1, 0.15) is 0 Å². The molecular weight excluding hydrogens is 184 g/mol. The molecule has 0 aromatic rings. The minimum atomic E-state index is -0.257. The number of aliphatic hydroxyl groups excluding tert-OH is 1. The van der Waals surface area contributed by atoms with Crippen molar-refractivity contribution in [1.82, 2.24) is 0 Å². The molecule has 1 saturated heterocycles. The third kappa shape index (κ3) is 1.66. The largest absolute Gasteiger partial charge is 0.390 e. The van der Waals surface area contributed by atoms with Crippen molar-refractivity contribution in [2.75, 3.05) is 5.33 Å². The van der Waals surface area contributed by atoms with E-state index in [1.54, 1.807) is 0 Å². The van der Waals surface area contributed by atoms with E-state index in [-0.39, 0.29) is 18.3 Å². The third-order valence-electron chi connectivity index (χ3n) is 1.63. The first-order valence-electron chi connectivity index (χ1n) is 3.13. The summed E-state index contributed by atoms with van der Waals surface area (Å²) in [4.78, 5) is 0. The quantitative estimate of drug-likeness (QED) is 0.630. The zero-order valence-corrected chi connectivity index (χ0v) is 6.97. The molecule has 0 aromatic heterocycles. The van der Waals surface area contributed by atoms with E-state index in [1.165, 1.54) is 0 Å². The van der Waals surface area contributed by atoms with E-state index < -0.39 is 0 Å². The van der Waals surface area contributed by atoms with Crippen molar-refractivity contribution in [3.05, 3.63) is 0 Å². The molecule has 1 aliphatic rings. The maximum atomic E-state index is 9.15. The summed E-state index contributed by atoms with van der Waals surface area (Å²) in [7, 11) is 0. The Balaban J connectivity index is 2.35. The molecule has 1 rings (SSSR count). The average molecular weight is 195 g/mol. The molecule has 1 fully saturated rings. The van der Waals surface area contributed by atoms with Gasteiger partial charge in [-0.2, -0.15) is 0 Å². The van der Waals surface area contributed by atoms with Gasteiger partial charge in [0.05, 0.1) is 18.3 Å². The van der Waals surface area contributed by atoms with Gasteiger partial charge >= 0.3 is 0 Å². The third-order valence-corrected chi connectivity index (χ3v) is 2.35. The van der Waals surface area contributed by atoms with Gasteiger partial charge in [0.2, 0.25) is 0 Å². The Kier molecular flexibility index (Phi) is 2.50.